The molecule has 1 aliphatic heterocycles. The number of hydrogen-bond donors (Lipinski definition) is 0. The molecule has 0 bridgehead atoms. The third kappa shape index (κ3) is 2.48. The van der Waals surface area contributed by atoms with Crippen molar-refractivity contribution in [2.75, 3.05) is 23.3 Å². The normalized spacial score (nSPS) is 19.2. The molecule has 0 saturated carbocycles. The average Bonchev–Trinajstić information content (AvgIpc) is 2.25. The van der Waals surface area contributed by atoms with Crippen molar-refractivity contribution in [1.29, 1.82) is 0 Å². The Kier molecular flexibility index (Phi) is 3.69. The molecular formula is C12H15BrFNO. The summed E-state index contributed by atoms with van der Waals surface area (Å²) in [5, 5.41) is 0.981. The molecule has 0 spiro atoms. The summed E-state index contributed by atoms with van der Waals surface area (Å²) in [5.41, 5.74) is 1.00. The SMILES string of the molecule is CC1CN(CCCBr)c2ccc(F)cc2O1. The zero-order valence-corrected chi connectivity index (χ0v) is 10.8. The van der Waals surface area contributed by atoms with Crippen LogP contribution in [0, 0.1) is 5.82 Å². The van der Waals surface area contributed by atoms with Gasteiger partial charge >= 0.3 is 0 Å². The summed E-state index contributed by atoms with van der Waals surface area (Å²) in [7, 11) is 0. The molecule has 1 aliphatic rings. The van der Waals surface area contributed by atoms with Crippen molar-refractivity contribution >= 4 is 21.6 Å². The number of hydrogen-bond acceptors (Lipinski definition) is 2. The van der Waals surface area contributed by atoms with Crippen molar-refractivity contribution in [3.63, 3.8) is 0 Å². The summed E-state index contributed by atoms with van der Waals surface area (Å²) in [6, 6.07) is 4.75. The lowest BCUT2D eigenvalue weighted by atomic mass is 10.2. The highest BCUT2D eigenvalue weighted by Gasteiger charge is 2.22. The average molecular weight is 288 g/mol. The van der Waals surface area contributed by atoms with Gasteiger partial charge in [-0.25, -0.2) is 4.39 Å². The van der Waals surface area contributed by atoms with E-state index in [-0.39, 0.29) is 11.9 Å². The lowest BCUT2D eigenvalue weighted by Gasteiger charge is -2.34. The van der Waals surface area contributed by atoms with Crippen molar-refractivity contribution in [2.24, 2.45) is 0 Å². The molecule has 0 amide bonds. The fourth-order valence-corrected chi connectivity index (χ4v) is 2.22. The largest absolute Gasteiger partial charge is 0.487 e. The van der Waals surface area contributed by atoms with E-state index in [9.17, 15) is 4.39 Å². The van der Waals surface area contributed by atoms with Crippen LogP contribution < -0.4 is 9.64 Å². The lowest BCUT2D eigenvalue weighted by Crippen LogP contribution is -2.39. The molecule has 1 unspecified atom stereocenters. The maximum atomic E-state index is 13.1. The van der Waals surface area contributed by atoms with Gasteiger partial charge in [-0.2, -0.15) is 0 Å². The van der Waals surface area contributed by atoms with Gasteiger partial charge in [-0.05, 0) is 25.5 Å². The van der Waals surface area contributed by atoms with Crippen molar-refractivity contribution in [3.8, 4) is 5.75 Å². The number of nitrogens with zero attached hydrogens (tertiary/aromatic N) is 1. The highest BCUT2D eigenvalue weighted by molar-refractivity contribution is 9.09. The molecule has 2 nitrogen and oxygen atoms in total. The van der Waals surface area contributed by atoms with E-state index >= 15 is 0 Å². The van der Waals surface area contributed by atoms with Gasteiger partial charge in [-0.3, -0.25) is 0 Å². The molecule has 0 radical (unpaired) electrons. The fourth-order valence-electron chi connectivity index (χ4n) is 1.97. The second kappa shape index (κ2) is 5.04. The first kappa shape index (κ1) is 11.7. The van der Waals surface area contributed by atoms with Crippen molar-refractivity contribution in [3.05, 3.63) is 24.0 Å². The zero-order valence-electron chi connectivity index (χ0n) is 9.25. The van der Waals surface area contributed by atoms with Crippen LogP contribution in [0.1, 0.15) is 13.3 Å². The Morgan fingerprint density at radius 3 is 3.12 bits per heavy atom. The van der Waals surface area contributed by atoms with Gasteiger partial charge in [0.2, 0.25) is 0 Å². The van der Waals surface area contributed by atoms with Crippen LogP contribution in [-0.4, -0.2) is 24.5 Å². The molecule has 1 aromatic carbocycles. The minimum Gasteiger partial charge on any atom is -0.487 e. The van der Waals surface area contributed by atoms with Crippen molar-refractivity contribution in [2.45, 2.75) is 19.4 Å². The molecule has 0 aromatic heterocycles. The minimum absolute atomic E-state index is 0.115. The van der Waals surface area contributed by atoms with Crippen LogP contribution in [0.25, 0.3) is 0 Å². The first-order valence-corrected chi connectivity index (χ1v) is 6.60. The van der Waals surface area contributed by atoms with Gasteiger partial charge in [0.1, 0.15) is 17.7 Å². The lowest BCUT2D eigenvalue weighted by molar-refractivity contribution is 0.211. The standard InChI is InChI=1S/C12H15BrFNO/c1-9-8-15(6-2-5-13)11-4-3-10(14)7-12(11)16-9/h3-4,7,9H,2,5-6,8H2,1H3. The summed E-state index contributed by atoms with van der Waals surface area (Å²) in [5.74, 6) is 0.418. The van der Waals surface area contributed by atoms with Crippen LogP contribution >= 0.6 is 15.9 Å². The van der Waals surface area contributed by atoms with E-state index in [4.69, 9.17) is 4.74 Å². The van der Waals surface area contributed by atoms with Crippen molar-refractivity contribution < 1.29 is 9.13 Å². The van der Waals surface area contributed by atoms with E-state index in [1.165, 1.54) is 12.1 Å². The summed E-state index contributed by atoms with van der Waals surface area (Å²) in [4.78, 5) is 2.25. The molecule has 1 aromatic rings. The van der Waals surface area contributed by atoms with Gasteiger partial charge < -0.3 is 9.64 Å². The highest BCUT2D eigenvalue weighted by atomic mass is 79.9. The third-order valence-corrected chi connectivity index (χ3v) is 3.19. The third-order valence-electron chi connectivity index (χ3n) is 2.63. The van der Waals surface area contributed by atoms with E-state index in [0.717, 1.165) is 30.5 Å². The van der Waals surface area contributed by atoms with E-state index in [0.29, 0.717) is 5.75 Å². The monoisotopic (exact) mass is 287 g/mol. The van der Waals surface area contributed by atoms with Gasteiger partial charge in [-0.15, -0.1) is 0 Å². The summed E-state index contributed by atoms with van der Waals surface area (Å²) in [6.07, 6.45) is 1.19. The van der Waals surface area contributed by atoms with Gasteiger partial charge in [0.05, 0.1) is 12.2 Å². The maximum absolute atomic E-state index is 13.1. The van der Waals surface area contributed by atoms with E-state index < -0.39 is 0 Å². The van der Waals surface area contributed by atoms with Crippen LogP contribution in [0.4, 0.5) is 10.1 Å². The highest BCUT2D eigenvalue weighted by Crippen LogP contribution is 2.33. The van der Waals surface area contributed by atoms with Crippen LogP contribution in [0.2, 0.25) is 0 Å². The van der Waals surface area contributed by atoms with Crippen LogP contribution in [-0.2, 0) is 0 Å². The summed E-state index contributed by atoms with van der Waals surface area (Å²) in [6.45, 7) is 3.85. The molecular weight excluding hydrogens is 273 g/mol. The topological polar surface area (TPSA) is 12.5 Å². The first-order chi connectivity index (χ1) is 7.70. The second-order valence-corrected chi connectivity index (χ2v) is 4.82. The Bertz CT molecular complexity index is 372. The summed E-state index contributed by atoms with van der Waals surface area (Å²) < 4.78 is 18.7. The smallest absolute Gasteiger partial charge is 0.146 e. The first-order valence-electron chi connectivity index (χ1n) is 5.48. The molecule has 2 rings (SSSR count). The number of anilines is 1. The Labute approximate surface area is 104 Å². The number of alkyl halides is 1. The van der Waals surface area contributed by atoms with Crippen LogP contribution in [0.3, 0.4) is 0 Å². The Hall–Kier alpha value is -0.770. The Morgan fingerprint density at radius 1 is 1.56 bits per heavy atom. The van der Waals surface area contributed by atoms with Gasteiger partial charge in [-0.1, -0.05) is 15.9 Å². The number of fused-ring (bicyclic) bond motifs is 1. The number of halogens is 2. The van der Waals surface area contributed by atoms with E-state index in [1.807, 2.05) is 6.92 Å². The van der Waals surface area contributed by atoms with Crippen LogP contribution in [0.5, 0.6) is 5.75 Å². The maximum Gasteiger partial charge on any atom is 0.146 e. The van der Waals surface area contributed by atoms with Crippen molar-refractivity contribution in [1.82, 2.24) is 0 Å². The predicted molar refractivity (Wildman–Crippen MR) is 67.1 cm³/mol. The van der Waals surface area contributed by atoms with Crippen LogP contribution in [0.15, 0.2) is 18.2 Å². The minimum atomic E-state index is -0.242. The zero-order chi connectivity index (χ0) is 11.5. The van der Waals surface area contributed by atoms with Gasteiger partial charge in [0, 0.05) is 17.9 Å². The Morgan fingerprint density at radius 2 is 2.38 bits per heavy atom. The molecule has 0 N–H and O–H groups in total. The summed E-state index contributed by atoms with van der Waals surface area (Å²) >= 11 is 3.42. The predicted octanol–water partition coefficient (Wildman–Crippen LogP) is 3.20. The molecule has 1 atom stereocenters. The molecule has 1 heterocycles. The van der Waals surface area contributed by atoms with Gasteiger partial charge in [0.15, 0.2) is 0 Å². The molecule has 88 valence electrons. The van der Waals surface area contributed by atoms with E-state index in [2.05, 4.69) is 20.8 Å². The second-order valence-electron chi connectivity index (χ2n) is 4.03. The number of ether oxygens (including phenoxy) is 1. The molecule has 0 fully saturated rings. The molecule has 0 aliphatic carbocycles. The Balaban J connectivity index is 2.23. The fraction of sp³-hybridized carbons (Fsp3) is 0.500. The quantitative estimate of drug-likeness (QED) is 0.792. The number of rotatable bonds is 3. The van der Waals surface area contributed by atoms with Gasteiger partial charge in [0.25, 0.3) is 0 Å². The molecule has 4 heteroatoms. The number of benzene rings is 1. The molecule has 16 heavy (non-hydrogen) atoms. The molecule has 0 saturated heterocycles. The van der Waals surface area contributed by atoms with E-state index in [1.54, 1.807) is 6.07 Å².